The summed E-state index contributed by atoms with van der Waals surface area (Å²) in [5.41, 5.74) is 2.19. The predicted molar refractivity (Wildman–Crippen MR) is 74.7 cm³/mol. The Morgan fingerprint density at radius 3 is 2.33 bits per heavy atom. The Morgan fingerprint density at radius 2 is 1.76 bits per heavy atom. The molecule has 1 N–H and O–H groups in total. The molecule has 2 nitrogen and oxygen atoms in total. The van der Waals surface area contributed by atoms with Crippen LogP contribution in [0.3, 0.4) is 0 Å². The van der Waals surface area contributed by atoms with Crippen molar-refractivity contribution >= 4 is 5.69 Å². The van der Waals surface area contributed by atoms with E-state index in [2.05, 4.69) is 11.4 Å². The molecule has 0 heterocycles. The van der Waals surface area contributed by atoms with E-state index in [-0.39, 0.29) is 0 Å². The van der Waals surface area contributed by atoms with E-state index in [1.165, 1.54) is 12.1 Å². The van der Waals surface area contributed by atoms with Crippen molar-refractivity contribution in [1.82, 2.24) is 0 Å². The quantitative estimate of drug-likeness (QED) is 0.903. The van der Waals surface area contributed by atoms with Crippen LogP contribution < -0.4 is 5.32 Å². The Kier molecular flexibility index (Phi) is 4.18. The van der Waals surface area contributed by atoms with Gasteiger partial charge in [0.05, 0.1) is 16.8 Å². The maximum absolute atomic E-state index is 12.5. The zero-order valence-corrected chi connectivity index (χ0v) is 11.3. The molecule has 0 fully saturated rings. The molecule has 108 valence electrons. The normalized spacial score (nSPS) is 11.0. The van der Waals surface area contributed by atoms with Gasteiger partial charge >= 0.3 is 6.18 Å². The number of nitrogens with zero attached hydrogens (tertiary/aromatic N) is 1. The standard InChI is InChI=1S/C16H13F3N2/c1-11-3-2-4-13(9-20)15(11)21-10-12-5-7-14(8-6-12)16(17,18)19/h2-8,21H,10H2,1H3. The van der Waals surface area contributed by atoms with Crippen LogP contribution in [0.1, 0.15) is 22.3 Å². The Hall–Kier alpha value is -2.48. The number of para-hydroxylation sites is 1. The van der Waals surface area contributed by atoms with Gasteiger partial charge in [0.2, 0.25) is 0 Å². The van der Waals surface area contributed by atoms with Gasteiger partial charge in [0.1, 0.15) is 6.07 Å². The molecule has 0 unspecified atom stereocenters. The first-order valence-corrected chi connectivity index (χ1v) is 6.31. The van der Waals surface area contributed by atoms with Gasteiger partial charge in [0, 0.05) is 6.54 Å². The van der Waals surface area contributed by atoms with Gasteiger partial charge < -0.3 is 5.32 Å². The Balaban J connectivity index is 2.13. The van der Waals surface area contributed by atoms with Crippen LogP contribution in [0, 0.1) is 18.3 Å². The zero-order valence-electron chi connectivity index (χ0n) is 11.3. The summed E-state index contributed by atoms with van der Waals surface area (Å²) in [6.45, 7) is 2.23. The van der Waals surface area contributed by atoms with E-state index in [0.29, 0.717) is 17.8 Å². The number of nitriles is 1. The maximum Gasteiger partial charge on any atom is 0.416 e. The number of halogens is 3. The summed E-state index contributed by atoms with van der Waals surface area (Å²) in [6, 6.07) is 12.4. The minimum absolute atomic E-state index is 0.359. The second kappa shape index (κ2) is 5.88. The highest BCUT2D eigenvalue weighted by Gasteiger charge is 2.29. The number of nitrogens with one attached hydrogen (secondary N) is 1. The van der Waals surface area contributed by atoms with Crippen LogP contribution in [0.2, 0.25) is 0 Å². The molecule has 0 radical (unpaired) electrons. The summed E-state index contributed by atoms with van der Waals surface area (Å²) >= 11 is 0. The number of alkyl halides is 3. The highest BCUT2D eigenvalue weighted by Crippen LogP contribution is 2.29. The van der Waals surface area contributed by atoms with Crippen molar-refractivity contribution in [3.8, 4) is 6.07 Å². The molecule has 0 amide bonds. The lowest BCUT2D eigenvalue weighted by molar-refractivity contribution is -0.137. The zero-order chi connectivity index (χ0) is 15.5. The fourth-order valence-corrected chi connectivity index (χ4v) is 2.00. The Labute approximate surface area is 120 Å². The van der Waals surface area contributed by atoms with E-state index in [1.54, 1.807) is 12.1 Å². The maximum atomic E-state index is 12.5. The first-order chi connectivity index (χ1) is 9.91. The molecular formula is C16H13F3N2. The third kappa shape index (κ3) is 3.54. The lowest BCUT2D eigenvalue weighted by Crippen LogP contribution is -2.06. The van der Waals surface area contributed by atoms with Crippen molar-refractivity contribution in [1.29, 1.82) is 5.26 Å². The minimum Gasteiger partial charge on any atom is -0.380 e. The monoisotopic (exact) mass is 290 g/mol. The van der Waals surface area contributed by atoms with Gasteiger partial charge in [0.15, 0.2) is 0 Å². The molecule has 21 heavy (non-hydrogen) atoms. The molecule has 0 bridgehead atoms. The van der Waals surface area contributed by atoms with Gasteiger partial charge in [0.25, 0.3) is 0 Å². The summed E-state index contributed by atoms with van der Waals surface area (Å²) in [4.78, 5) is 0. The van der Waals surface area contributed by atoms with Crippen molar-refractivity contribution in [2.45, 2.75) is 19.6 Å². The van der Waals surface area contributed by atoms with Gasteiger partial charge in [-0.2, -0.15) is 18.4 Å². The van der Waals surface area contributed by atoms with Crippen molar-refractivity contribution in [2.24, 2.45) is 0 Å². The van der Waals surface area contributed by atoms with E-state index >= 15 is 0 Å². The number of anilines is 1. The lowest BCUT2D eigenvalue weighted by atomic mass is 10.1. The third-order valence-electron chi connectivity index (χ3n) is 3.14. The molecule has 0 saturated carbocycles. The fraction of sp³-hybridized carbons (Fsp3) is 0.188. The number of rotatable bonds is 3. The summed E-state index contributed by atoms with van der Waals surface area (Å²) in [7, 11) is 0. The van der Waals surface area contributed by atoms with E-state index in [1.807, 2.05) is 13.0 Å². The molecule has 0 aliphatic heterocycles. The molecule has 0 spiro atoms. The third-order valence-corrected chi connectivity index (χ3v) is 3.14. The molecule has 0 saturated heterocycles. The highest BCUT2D eigenvalue weighted by molar-refractivity contribution is 5.62. The molecule has 5 heteroatoms. The lowest BCUT2D eigenvalue weighted by Gasteiger charge is -2.12. The SMILES string of the molecule is Cc1cccc(C#N)c1NCc1ccc(C(F)(F)F)cc1. The van der Waals surface area contributed by atoms with Crippen LogP contribution in [-0.2, 0) is 12.7 Å². The molecule has 0 aromatic heterocycles. The molecule has 2 aromatic rings. The van der Waals surface area contributed by atoms with Crippen LogP contribution in [0.25, 0.3) is 0 Å². The second-order valence-electron chi connectivity index (χ2n) is 4.66. The molecule has 0 aliphatic rings. The van der Waals surface area contributed by atoms with E-state index in [9.17, 15) is 13.2 Å². The van der Waals surface area contributed by atoms with Crippen LogP contribution in [-0.4, -0.2) is 0 Å². The van der Waals surface area contributed by atoms with Crippen LogP contribution in [0.4, 0.5) is 18.9 Å². The Morgan fingerprint density at radius 1 is 1.10 bits per heavy atom. The summed E-state index contributed by atoms with van der Waals surface area (Å²) in [5, 5.41) is 12.2. The average Bonchev–Trinajstić information content (AvgIpc) is 2.45. The van der Waals surface area contributed by atoms with Crippen LogP contribution in [0.15, 0.2) is 42.5 Å². The van der Waals surface area contributed by atoms with E-state index in [0.717, 1.165) is 23.3 Å². The largest absolute Gasteiger partial charge is 0.416 e. The second-order valence-corrected chi connectivity index (χ2v) is 4.66. The van der Waals surface area contributed by atoms with Gasteiger partial charge in [-0.3, -0.25) is 0 Å². The topological polar surface area (TPSA) is 35.8 Å². The van der Waals surface area contributed by atoms with Crippen LogP contribution >= 0.6 is 0 Å². The summed E-state index contributed by atoms with van der Waals surface area (Å²) < 4.78 is 37.4. The van der Waals surface area contributed by atoms with Crippen molar-refractivity contribution in [3.05, 3.63) is 64.7 Å². The number of hydrogen-bond donors (Lipinski definition) is 1. The molecular weight excluding hydrogens is 277 g/mol. The molecule has 0 atom stereocenters. The van der Waals surface area contributed by atoms with Crippen molar-refractivity contribution in [2.75, 3.05) is 5.32 Å². The van der Waals surface area contributed by atoms with Gasteiger partial charge in [-0.25, -0.2) is 0 Å². The van der Waals surface area contributed by atoms with E-state index in [4.69, 9.17) is 5.26 Å². The molecule has 0 aliphatic carbocycles. The number of aryl methyl sites for hydroxylation is 1. The average molecular weight is 290 g/mol. The van der Waals surface area contributed by atoms with Crippen molar-refractivity contribution < 1.29 is 13.2 Å². The minimum atomic E-state index is -4.32. The van der Waals surface area contributed by atoms with Gasteiger partial charge in [-0.05, 0) is 36.2 Å². The van der Waals surface area contributed by atoms with Gasteiger partial charge in [-0.1, -0.05) is 24.3 Å². The fourth-order valence-electron chi connectivity index (χ4n) is 2.00. The number of benzene rings is 2. The first kappa shape index (κ1) is 14.9. The van der Waals surface area contributed by atoms with Crippen molar-refractivity contribution in [3.63, 3.8) is 0 Å². The molecule has 2 rings (SSSR count). The summed E-state index contributed by atoms with van der Waals surface area (Å²) in [5.74, 6) is 0. The van der Waals surface area contributed by atoms with Crippen LogP contribution in [0.5, 0.6) is 0 Å². The predicted octanol–water partition coefficient (Wildman–Crippen LogP) is 4.50. The summed E-state index contributed by atoms with van der Waals surface area (Å²) in [6.07, 6.45) is -4.32. The molecule has 2 aromatic carbocycles. The van der Waals surface area contributed by atoms with Gasteiger partial charge in [-0.15, -0.1) is 0 Å². The highest BCUT2D eigenvalue weighted by atomic mass is 19.4. The van der Waals surface area contributed by atoms with E-state index < -0.39 is 11.7 Å². The first-order valence-electron chi connectivity index (χ1n) is 6.31. The number of hydrogen-bond acceptors (Lipinski definition) is 2. The Bertz CT molecular complexity index is 667. The smallest absolute Gasteiger partial charge is 0.380 e.